The highest BCUT2D eigenvalue weighted by molar-refractivity contribution is 7.22. The van der Waals surface area contributed by atoms with Gasteiger partial charge in [-0.1, -0.05) is 35.1 Å². The second-order valence-corrected chi connectivity index (χ2v) is 9.32. The van der Waals surface area contributed by atoms with Crippen molar-refractivity contribution in [1.29, 1.82) is 0 Å². The molecule has 0 radical (unpaired) electrons. The van der Waals surface area contributed by atoms with Crippen molar-refractivity contribution in [2.24, 2.45) is 5.92 Å². The summed E-state index contributed by atoms with van der Waals surface area (Å²) < 4.78 is 1.69. The van der Waals surface area contributed by atoms with Gasteiger partial charge in [0.05, 0.1) is 5.92 Å². The van der Waals surface area contributed by atoms with Gasteiger partial charge < -0.3 is 15.5 Å². The number of benzene rings is 1. The summed E-state index contributed by atoms with van der Waals surface area (Å²) in [4.78, 5) is 48.4. The van der Waals surface area contributed by atoms with Crippen molar-refractivity contribution in [1.82, 2.24) is 25.2 Å². The molecule has 174 valence electrons. The third kappa shape index (κ3) is 5.51. The van der Waals surface area contributed by atoms with E-state index in [2.05, 4.69) is 20.6 Å². The Balaban J connectivity index is 1.44. The van der Waals surface area contributed by atoms with Crippen molar-refractivity contribution in [3.63, 3.8) is 0 Å². The van der Waals surface area contributed by atoms with Crippen molar-refractivity contribution >= 4 is 50.2 Å². The van der Waals surface area contributed by atoms with Gasteiger partial charge in [-0.25, -0.2) is 4.98 Å². The molecule has 1 aromatic carbocycles. The number of anilines is 1. The molecule has 3 aromatic rings. The number of amides is 2. The van der Waals surface area contributed by atoms with Gasteiger partial charge in [-0.05, 0) is 37.5 Å². The fourth-order valence-electron chi connectivity index (χ4n) is 3.78. The van der Waals surface area contributed by atoms with Gasteiger partial charge in [0.15, 0.2) is 10.8 Å². The van der Waals surface area contributed by atoms with Gasteiger partial charge in [0, 0.05) is 31.2 Å². The van der Waals surface area contributed by atoms with Crippen LogP contribution >= 0.6 is 22.9 Å². The quantitative estimate of drug-likeness (QED) is 0.527. The van der Waals surface area contributed by atoms with E-state index in [1.54, 1.807) is 12.1 Å². The van der Waals surface area contributed by atoms with E-state index in [1.165, 1.54) is 22.2 Å². The monoisotopic (exact) mass is 488 g/mol. The SMILES string of the molecule is CCNC(=O)[C@@H]1CCCN(c2nc3ncn(CC(=O)NCc4ccc(Cl)cc4)c(=O)c3s2)C1. The zero-order valence-corrected chi connectivity index (χ0v) is 19.8. The largest absolute Gasteiger partial charge is 0.356 e. The van der Waals surface area contributed by atoms with Crippen LogP contribution in [0.5, 0.6) is 0 Å². The summed E-state index contributed by atoms with van der Waals surface area (Å²) in [7, 11) is 0. The van der Waals surface area contributed by atoms with Crippen LogP contribution in [-0.2, 0) is 22.7 Å². The summed E-state index contributed by atoms with van der Waals surface area (Å²) in [5.41, 5.74) is 0.967. The maximum atomic E-state index is 12.9. The Labute approximate surface area is 199 Å². The van der Waals surface area contributed by atoms with Gasteiger partial charge in [-0.3, -0.25) is 19.0 Å². The molecule has 1 aliphatic heterocycles. The van der Waals surface area contributed by atoms with Crippen LogP contribution in [0.1, 0.15) is 25.3 Å². The molecule has 0 saturated carbocycles. The van der Waals surface area contributed by atoms with Crippen molar-refractivity contribution in [3.05, 3.63) is 51.5 Å². The molecule has 33 heavy (non-hydrogen) atoms. The first-order valence-corrected chi connectivity index (χ1v) is 12.0. The maximum Gasteiger partial charge on any atom is 0.273 e. The highest BCUT2D eigenvalue weighted by Crippen LogP contribution is 2.29. The Bertz CT molecular complexity index is 1210. The zero-order valence-electron chi connectivity index (χ0n) is 18.2. The molecular formula is C22H25ClN6O3S. The molecule has 4 rings (SSSR count). The van der Waals surface area contributed by atoms with Crippen molar-refractivity contribution in [3.8, 4) is 0 Å². The number of halogens is 1. The number of fused-ring (bicyclic) bond motifs is 1. The summed E-state index contributed by atoms with van der Waals surface area (Å²) in [6.07, 6.45) is 3.07. The fraction of sp³-hybridized carbons (Fsp3) is 0.409. The molecule has 3 heterocycles. The van der Waals surface area contributed by atoms with Crippen LogP contribution < -0.4 is 21.1 Å². The standard InChI is InChI=1S/C22H25ClN6O3S/c1-2-24-20(31)15-4-3-9-28(11-15)22-27-19-18(33-22)21(32)29(13-26-19)12-17(30)25-10-14-5-7-16(23)8-6-14/h5-8,13,15H,2-4,9-12H2,1H3,(H,24,31)(H,25,30)/t15-/m1/s1. The number of piperidine rings is 1. The lowest BCUT2D eigenvalue weighted by Gasteiger charge is -2.31. The van der Waals surface area contributed by atoms with E-state index in [0.717, 1.165) is 24.9 Å². The zero-order chi connectivity index (χ0) is 23.4. The second kappa shape index (κ2) is 10.3. The minimum atomic E-state index is -0.303. The summed E-state index contributed by atoms with van der Waals surface area (Å²) in [6, 6.07) is 7.18. The lowest BCUT2D eigenvalue weighted by Crippen LogP contribution is -2.43. The molecule has 11 heteroatoms. The highest BCUT2D eigenvalue weighted by atomic mass is 35.5. The first kappa shape index (κ1) is 23.2. The molecule has 2 amide bonds. The fourth-order valence-corrected chi connectivity index (χ4v) is 4.91. The lowest BCUT2D eigenvalue weighted by atomic mass is 9.97. The van der Waals surface area contributed by atoms with Crippen molar-refractivity contribution < 1.29 is 9.59 Å². The van der Waals surface area contributed by atoms with Gasteiger partial charge in [0.1, 0.15) is 17.6 Å². The van der Waals surface area contributed by atoms with Gasteiger partial charge >= 0.3 is 0 Å². The minimum Gasteiger partial charge on any atom is -0.356 e. The molecule has 9 nitrogen and oxygen atoms in total. The molecule has 1 aliphatic rings. The minimum absolute atomic E-state index is 0.0494. The third-order valence-corrected chi connectivity index (χ3v) is 6.85. The molecular weight excluding hydrogens is 464 g/mol. The van der Waals surface area contributed by atoms with E-state index in [4.69, 9.17) is 11.6 Å². The Hall–Kier alpha value is -2.98. The van der Waals surface area contributed by atoms with Crippen LogP contribution in [0.3, 0.4) is 0 Å². The summed E-state index contributed by atoms with van der Waals surface area (Å²) in [5.74, 6) is -0.341. The normalized spacial score (nSPS) is 16.1. The van der Waals surface area contributed by atoms with E-state index in [1.807, 2.05) is 24.0 Å². The lowest BCUT2D eigenvalue weighted by molar-refractivity contribution is -0.125. The molecule has 1 saturated heterocycles. The number of aromatic nitrogens is 3. The van der Waals surface area contributed by atoms with Crippen molar-refractivity contribution in [2.45, 2.75) is 32.9 Å². The molecule has 0 spiro atoms. The summed E-state index contributed by atoms with van der Waals surface area (Å²) in [5, 5.41) is 6.98. The van der Waals surface area contributed by atoms with E-state index < -0.39 is 0 Å². The first-order valence-electron chi connectivity index (χ1n) is 10.8. The average Bonchev–Trinajstić information content (AvgIpc) is 3.26. The first-order chi connectivity index (χ1) is 15.9. The molecule has 0 bridgehead atoms. The number of rotatable bonds is 7. The second-order valence-electron chi connectivity index (χ2n) is 7.91. The number of nitrogens with one attached hydrogen (secondary N) is 2. The molecule has 2 aromatic heterocycles. The number of carbonyl (C=O) groups is 2. The predicted octanol–water partition coefficient (Wildman–Crippen LogP) is 2.18. The van der Waals surface area contributed by atoms with Gasteiger partial charge in [-0.2, -0.15) is 4.98 Å². The molecule has 1 atom stereocenters. The van der Waals surface area contributed by atoms with Crippen LogP contribution in [0.2, 0.25) is 5.02 Å². The number of carbonyl (C=O) groups excluding carboxylic acids is 2. The van der Waals surface area contributed by atoms with Gasteiger partial charge in [0.2, 0.25) is 11.8 Å². The number of hydrogen-bond acceptors (Lipinski definition) is 7. The Morgan fingerprint density at radius 3 is 2.79 bits per heavy atom. The van der Waals surface area contributed by atoms with Gasteiger partial charge in [-0.15, -0.1) is 0 Å². The average molecular weight is 489 g/mol. The predicted molar refractivity (Wildman–Crippen MR) is 129 cm³/mol. The van der Waals surface area contributed by atoms with Crippen LogP contribution in [0, 0.1) is 5.92 Å². The third-order valence-electron chi connectivity index (χ3n) is 5.50. The van der Waals surface area contributed by atoms with Crippen LogP contribution in [-0.4, -0.2) is 46.0 Å². The van der Waals surface area contributed by atoms with E-state index in [0.29, 0.717) is 40.1 Å². The molecule has 0 aliphatic carbocycles. The van der Waals surface area contributed by atoms with Crippen molar-refractivity contribution in [2.75, 3.05) is 24.5 Å². The Morgan fingerprint density at radius 2 is 2.03 bits per heavy atom. The smallest absolute Gasteiger partial charge is 0.273 e. The van der Waals surface area contributed by atoms with Gasteiger partial charge in [0.25, 0.3) is 5.56 Å². The number of nitrogens with zero attached hydrogens (tertiary/aromatic N) is 4. The van der Waals surface area contributed by atoms with E-state index >= 15 is 0 Å². The Kier molecular flexibility index (Phi) is 7.24. The van der Waals surface area contributed by atoms with E-state index in [9.17, 15) is 14.4 Å². The van der Waals surface area contributed by atoms with Crippen LogP contribution in [0.15, 0.2) is 35.4 Å². The maximum absolute atomic E-state index is 12.9. The van der Waals surface area contributed by atoms with Crippen LogP contribution in [0.4, 0.5) is 5.13 Å². The molecule has 2 N–H and O–H groups in total. The van der Waals surface area contributed by atoms with E-state index in [-0.39, 0.29) is 29.8 Å². The molecule has 0 unspecified atom stereocenters. The number of thiazole rings is 1. The highest BCUT2D eigenvalue weighted by Gasteiger charge is 2.27. The number of hydrogen-bond donors (Lipinski definition) is 2. The Morgan fingerprint density at radius 1 is 1.24 bits per heavy atom. The molecule has 1 fully saturated rings. The topological polar surface area (TPSA) is 109 Å². The van der Waals surface area contributed by atoms with Crippen LogP contribution in [0.25, 0.3) is 10.3 Å². The summed E-state index contributed by atoms with van der Waals surface area (Å²) in [6.45, 7) is 4.05. The summed E-state index contributed by atoms with van der Waals surface area (Å²) >= 11 is 7.13.